The summed E-state index contributed by atoms with van der Waals surface area (Å²) in [4.78, 5) is 38.3. The summed E-state index contributed by atoms with van der Waals surface area (Å²) < 4.78 is 3.72. The van der Waals surface area contributed by atoms with E-state index in [9.17, 15) is 14.4 Å². The molecule has 2 aliphatic rings. The maximum atomic E-state index is 12.1. The van der Waals surface area contributed by atoms with Crippen LogP contribution in [0.2, 0.25) is 0 Å². The molecule has 0 saturated carbocycles. The third-order valence-corrected chi connectivity index (χ3v) is 4.05. The largest absolute Gasteiger partial charge is 0.334 e. The molecule has 0 unspecified atom stereocenters. The van der Waals surface area contributed by atoms with E-state index < -0.39 is 0 Å². The minimum Gasteiger partial charge on any atom is -0.334 e. The molecule has 1 N–H and O–H groups in total. The molecule has 0 atom stereocenters. The van der Waals surface area contributed by atoms with E-state index in [1.54, 1.807) is 11.8 Å². The fourth-order valence-corrected chi connectivity index (χ4v) is 2.79. The smallest absolute Gasteiger partial charge is 0.324 e. The third-order valence-electron chi connectivity index (χ3n) is 3.24. The molecular weight excluding hydrogens is 270 g/mol. The Morgan fingerprint density at radius 2 is 2.16 bits per heavy atom. The first-order valence-corrected chi connectivity index (χ1v) is 6.53. The van der Waals surface area contributed by atoms with Crippen molar-refractivity contribution in [3.63, 3.8) is 0 Å². The number of hydrogen-bond donors (Lipinski definition) is 1. The number of likely N-dealkylation sites (tertiary alicyclic amines) is 1. The zero-order valence-electron chi connectivity index (χ0n) is 10.1. The molecule has 1 aromatic heterocycles. The number of aryl methyl sites for hydroxylation is 1. The molecule has 0 aliphatic carbocycles. The van der Waals surface area contributed by atoms with Crippen LogP contribution in [-0.4, -0.2) is 62.9 Å². The van der Waals surface area contributed by atoms with Gasteiger partial charge >= 0.3 is 6.03 Å². The Balaban J connectivity index is 1.64. The number of imide groups is 1. The average molecular weight is 281 g/mol. The number of carbonyl (C=O) groups excluding carboxylic acids is 3. The standard InChI is InChI=1S/C10H11N5O3S/c1-5-8(19-13-12-5)9(17)14-3-6(4-14)15-7(16)2-11-10(15)18/h6H,2-4H2,1H3,(H,11,18). The maximum Gasteiger partial charge on any atom is 0.324 e. The Morgan fingerprint density at radius 3 is 2.68 bits per heavy atom. The summed E-state index contributed by atoms with van der Waals surface area (Å²) in [6.45, 7) is 2.51. The minimum absolute atomic E-state index is 0.0428. The SMILES string of the molecule is Cc1nnsc1C(=O)N1CC(N2C(=O)CNC2=O)C1. The average Bonchev–Trinajstić information content (AvgIpc) is 2.87. The van der Waals surface area contributed by atoms with Gasteiger partial charge in [-0.1, -0.05) is 4.49 Å². The number of hydrogen-bond acceptors (Lipinski definition) is 6. The zero-order valence-corrected chi connectivity index (χ0v) is 10.9. The van der Waals surface area contributed by atoms with Gasteiger partial charge in [0.2, 0.25) is 5.91 Å². The van der Waals surface area contributed by atoms with Crippen LogP contribution in [-0.2, 0) is 4.79 Å². The van der Waals surface area contributed by atoms with Gasteiger partial charge in [-0.05, 0) is 18.5 Å². The summed E-state index contributed by atoms with van der Waals surface area (Å²) >= 11 is 1.06. The van der Waals surface area contributed by atoms with Crippen LogP contribution in [0.5, 0.6) is 0 Å². The molecule has 3 heterocycles. The summed E-state index contributed by atoms with van der Waals surface area (Å²) in [5.74, 6) is -0.381. The van der Waals surface area contributed by atoms with E-state index in [0.717, 1.165) is 11.5 Å². The van der Waals surface area contributed by atoms with Crippen molar-refractivity contribution in [1.29, 1.82) is 0 Å². The lowest BCUT2D eigenvalue weighted by molar-refractivity contribution is -0.128. The molecule has 1 aromatic rings. The lowest BCUT2D eigenvalue weighted by atomic mass is 10.1. The lowest BCUT2D eigenvalue weighted by Crippen LogP contribution is -2.62. The molecule has 8 nitrogen and oxygen atoms in total. The highest BCUT2D eigenvalue weighted by atomic mass is 32.1. The number of amides is 4. The molecule has 2 saturated heterocycles. The van der Waals surface area contributed by atoms with Crippen LogP contribution in [0.15, 0.2) is 0 Å². The van der Waals surface area contributed by atoms with E-state index >= 15 is 0 Å². The zero-order chi connectivity index (χ0) is 13.6. The van der Waals surface area contributed by atoms with Gasteiger partial charge in [-0.15, -0.1) is 5.10 Å². The molecule has 0 aromatic carbocycles. The monoisotopic (exact) mass is 281 g/mol. The van der Waals surface area contributed by atoms with Crippen LogP contribution in [0.1, 0.15) is 15.4 Å². The summed E-state index contributed by atoms with van der Waals surface area (Å²) in [6, 6.07) is -0.599. The van der Waals surface area contributed by atoms with E-state index in [0.29, 0.717) is 23.7 Å². The second-order valence-corrected chi connectivity index (χ2v) is 5.23. The Bertz CT molecular complexity index is 549. The van der Waals surface area contributed by atoms with Crippen LogP contribution in [0.25, 0.3) is 0 Å². The topological polar surface area (TPSA) is 95.5 Å². The molecule has 0 radical (unpaired) electrons. The van der Waals surface area contributed by atoms with Gasteiger partial charge < -0.3 is 10.2 Å². The third kappa shape index (κ3) is 1.86. The molecule has 0 spiro atoms. The van der Waals surface area contributed by atoms with Gasteiger partial charge in [0, 0.05) is 13.1 Å². The molecule has 2 aliphatic heterocycles. The Labute approximate surface area is 112 Å². The molecule has 0 bridgehead atoms. The van der Waals surface area contributed by atoms with E-state index in [4.69, 9.17) is 0 Å². The molecule has 100 valence electrons. The number of nitrogens with one attached hydrogen (secondary N) is 1. The summed E-state index contributed by atoms with van der Waals surface area (Å²) in [7, 11) is 0. The van der Waals surface area contributed by atoms with Gasteiger partial charge in [0.15, 0.2) is 0 Å². The van der Waals surface area contributed by atoms with Crippen molar-refractivity contribution in [2.45, 2.75) is 13.0 Å². The Hall–Kier alpha value is -2.03. The van der Waals surface area contributed by atoms with Gasteiger partial charge in [-0.3, -0.25) is 14.5 Å². The van der Waals surface area contributed by atoms with Crippen molar-refractivity contribution in [3.05, 3.63) is 10.6 Å². The number of carbonyl (C=O) groups is 3. The lowest BCUT2D eigenvalue weighted by Gasteiger charge is -2.42. The first-order chi connectivity index (χ1) is 9.08. The van der Waals surface area contributed by atoms with Gasteiger partial charge in [-0.25, -0.2) is 4.79 Å². The van der Waals surface area contributed by atoms with Crippen LogP contribution >= 0.6 is 11.5 Å². The quantitative estimate of drug-likeness (QED) is 0.718. The maximum absolute atomic E-state index is 12.1. The molecule has 3 rings (SSSR count). The minimum atomic E-state index is -0.377. The second-order valence-electron chi connectivity index (χ2n) is 4.47. The van der Waals surface area contributed by atoms with Crippen molar-refractivity contribution in [1.82, 2.24) is 24.7 Å². The van der Waals surface area contributed by atoms with Crippen molar-refractivity contribution >= 4 is 29.4 Å². The first-order valence-electron chi connectivity index (χ1n) is 5.76. The van der Waals surface area contributed by atoms with Crippen molar-refractivity contribution < 1.29 is 14.4 Å². The second kappa shape index (κ2) is 4.26. The highest BCUT2D eigenvalue weighted by molar-refractivity contribution is 7.07. The van der Waals surface area contributed by atoms with E-state index in [1.165, 1.54) is 4.90 Å². The normalized spacial score (nSPS) is 19.6. The Morgan fingerprint density at radius 1 is 1.42 bits per heavy atom. The highest BCUT2D eigenvalue weighted by Crippen LogP contribution is 2.22. The highest BCUT2D eigenvalue weighted by Gasteiger charge is 2.43. The van der Waals surface area contributed by atoms with E-state index in [-0.39, 0.29) is 30.4 Å². The molecular formula is C10H11N5O3S. The van der Waals surface area contributed by atoms with Gasteiger partial charge in [0.1, 0.15) is 4.88 Å². The summed E-state index contributed by atoms with van der Waals surface area (Å²) in [5, 5.41) is 6.26. The first kappa shape index (κ1) is 12.0. The molecule has 19 heavy (non-hydrogen) atoms. The van der Waals surface area contributed by atoms with Gasteiger partial charge in [0.25, 0.3) is 5.91 Å². The van der Waals surface area contributed by atoms with Crippen molar-refractivity contribution in [2.24, 2.45) is 0 Å². The molecule has 9 heteroatoms. The van der Waals surface area contributed by atoms with Gasteiger partial charge in [0.05, 0.1) is 18.3 Å². The van der Waals surface area contributed by atoms with Gasteiger partial charge in [-0.2, -0.15) is 0 Å². The van der Waals surface area contributed by atoms with Crippen molar-refractivity contribution in [3.8, 4) is 0 Å². The van der Waals surface area contributed by atoms with Crippen molar-refractivity contribution in [2.75, 3.05) is 19.6 Å². The van der Waals surface area contributed by atoms with E-state index in [1.807, 2.05) is 0 Å². The van der Waals surface area contributed by atoms with Crippen LogP contribution in [0, 0.1) is 6.92 Å². The predicted octanol–water partition coefficient (Wildman–Crippen LogP) is -0.777. The summed E-state index contributed by atoms with van der Waals surface area (Å²) in [6.07, 6.45) is 0. The van der Waals surface area contributed by atoms with E-state index in [2.05, 4.69) is 14.9 Å². The van der Waals surface area contributed by atoms with Crippen LogP contribution in [0.3, 0.4) is 0 Å². The van der Waals surface area contributed by atoms with Crippen LogP contribution < -0.4 is 5.32 Å². The fourth-order valence-electron chi connectivity index (χ4n) is 2.16. The molecule has 2 fully saturated rings. The number of urea groups is 1. The summed E-state index contributed by atoms with van der Waals surface area (Å²) in [5.41, 5.74) is 0.605. The molecule has 4 amide bonds. The Kier molecular flexibility index (Phi) is 2.70. The predicted molar refractivity (Wildman–Crippen MR) is 64.6 cm³/mol. The number of nitrogens with zero attached hydrogens (tertiary/aromatic N) is 4. The fraction of sp³-hybridized carbons (Fsp3) is 0.500. The number of aromatic nitrogens is 2. The number of rotatable bonds is 2. The van der Waals surface area contributed by atoms with Crippen LogP contribution in [0.4, 0.5) is 4.79 Å².